The molecule has 0 aliphatic heterocycles. The molecule has 0 aromatic heterocycles. The van der Waals surface area contributed by atoms with Gasteiger partial charge in [0.2, 0.25) is 0 Å². The Hall–Kier alpha value is -1.73. The van der Waals surface area contributed by atoms with Crippen LogP contribution in [0.15, 0.2) is 113 Å². The Bertz CT molecular complexity index is 2700. The van der Waals surface area contributed by atoms with Crippen molar-refractivity contribution >= 4 is 89.5 Å². The number of nitrogen functional groups attached to an aromatic ring is 1. The summed E-state index contributed by atoms with van der Waals surface area (Å²) in [4.78, 5) is -2.99. The SMILES string of the molecule is C=CS(=O)(=O)c1ccc(N=Nc2c(S(=O)(=O)[O-])cc3cc(S(=O)(=O)[O-])c(N=Nc4ccc(S(=O)(=O)CCOS(=O)(=O)O)cc4)c([O-])c3c2N)cc1.[Na+].[Na+].[Na+]. The van der Waals surface area contributed by atoms with E-state index in [2.05, 4.69) is 31.2 Å². The van der Waals surface area contributed by atoms with Crippen molar-refractivity contribution in [3.05, 3.63) is 72.7 Å². The van der Waals surface area contributed by atoms with Crippen LogP contribution in [0.5, 0.6) is 5.75 Å². The van der Waals surface area contributed by atoms with Crippen LogP contribution in [0.4, 0.5) is 28.4 Å². The third-order valence-corrected chi connectivity index (χ3v) is 11.8. The summed E-state index contributed by atoms with van der Waals surface area (Å²) >= 11 is 0. The van der Waals surface area contributed by atoms with E-state index in [1.165, 1.54) is 0 Å². The minimum atomic E-state index is -5.55. The number of sulfone groups is 2. The smallest absolute Gasteiger partial charge is 0.870 e. The minimum absolute atomic E-state index is 0. The second-order valence-corrected chi connectivity index (χ2v) is 17.7. The zero-order valence-electron chi connectivity index (χ0n) is 28.0. The van der Waals surface area contributed by atoms with Crippen molar-refractivity contribution < 1.29 is 154 Å². The van der Waals surface area contributed by atoms with Gasteiger partial charge in [0.25, 0.3) is 0 Å². The maximum absolute atomic E-state index is 13.6. The summed E-state index contributed by atoms with van der Waals surface area (Å²) < 4.78 is 156. The average Bonchev–Trinajstić information content (AvgIpc) is 3.02. The summed E-state index contributed by atoms with van der Waals surface area (Å²) in [6.07, 6.45) is 0. The van der Waals surface area contributed by atoms with Crippen molar-refractivity contribution in [2.45, 2.75) is 19.6 Å². The van der Waals surface area contributed by atoms with Gasteiger partial charge in [0, 0.05) is 10.8 Å². The summed E-state index contributed by atoms with van der Waals surface area (Å²) in [5, 5.41) is 27.7. The normalized spacial score (nSPS) is 12.6. The average molecular weight is 872 g/mol. The molecule has 0 radical (unpaired) electrons. The van der Waals surface area contributed by atoms with Gasteiger partial charge in [-0.15, -0.1) is 10.2 Å². The number of hydrogen-bond acceptors (Lipinski definition) is 19. The molecule has 0 amide bonds. The Kier molecular flexibility index (Phi) is 17.8. The first-order chi connectivity index (χ1) is 23.4. The van der Waals surface area contributed by atoms with Gasteiger partial charge in [-0.3, -0.25) is 4.55 Å². The van der Waals surface area contributed by atoms with Crippen molar-refractivity contribution in [2.24, 2.45) is 20.5 Å². The number of nitrogens with two attached hydrogens (primary N) is 1. The monoisotopic (exact) mass is 871 g/mol. The Morgan fingerprint density at radius 1 is 0.704 bits per heavy atom. The first-order valence-corrected chi connectivity index (χ1v) is 20.6. The molecule has 0 unspecified atom stereocenters. The van der Waals surface area contributed by atoms with E-state index in [0.717, 1.165) is 48.5 Å². The van der Waals surface area contributed by atoms with E-state index in [-0.39, 0.29) is 110 Å². The molecule has 0 spiro atoms. The van der Waals surface area contributed by atoms with Crippen molar-refractivity contribution in [3.8, 4) is 5.75 Å². The van der Waals surface area contributed by atoms with Crippen LogP contribution in [0.1, 0.15) is 0 Å². The molecule has 0 atom stereocenters. The van der Waals surface area contributed by atoms with Gasteiger partial charge in [-0.05, 0) is 66.0 Å². The van der Waals surface area contributed by atoms with Crippen LogP contribution >= 0.6 is 0 Å². The van der Waals surface area contributed by atoms with Crippen molar-refractivity contribution in [1.29, 1.82) is 0 Å². The van der Waals surface area contributed by atoms with Crippen LogP contribution in [-0.4, -0.2) is 68.1 Å². The van der Waals surface area contributed by atoms with Gasteiger partial charge < -0.3 is 19.9 Å². The summed E-state index contributed by atoms with van der Waals surface area (Å²) in [6.45, 7) is 2.29. The van der Waals surface area contributed by atoms with Gasteiger partial charge in [-0.25, -0.2) is 37.9 Å². The van der Waals surface area contributed by atoms with E-state index in [0.29, 0.717) is 17.5 Å². The third-order valence-electron chi connectivity index (χ3n) is 6.53. The maximum atomic E-state index is 13.6. The maximum Gasteiger partial charge on any atom is 1.00 e. The molecule has 28 heteroatoms. The van der Waals surface area contributed by atoms with Gasteiger partial charge in [-0.2, -0.15) is 18.6 Å². The van der Waals surface area contributed by atoms with Crippen molar-refractivity contribution in [1.82, 2.24) is 0 Å². The zero-order chi connectivity index (χ0) is 38.2. The molecular formula is C26H20N5Na3O15S5. The Balaban J connectivity index is 0.00000486. The second kappa shape index (κ2) is 19.1. The van der Waals surface area contributed by atoms with E-state index in [4.69, 9.17) is 10.3 Å². The number of hydrogen-bond donors (Lipinski definition) is 2. The molecule has 0 aliphatic rings. The molecule has 0 heterocycles. The fourth-order valence-corrected chi connectivity index (χ4v) is 7.67. The van der Waals surface area contributed by atoms with Gasteiger partial charge in [0.15, 0.2) is 19.7 Å². The fourth-order valence-electron chi connectivity index (χ4n) is 4.18. The van der Waals surface area contributed by atoms with E-state index in [9.17, 15) is 56.3 Å². The number of rotatable bonds is 13. The van der Waals surface area contributed by atoms with Crippen LogP contribution in [0, 0.1) is 0 Å². The van der Waals surface area contributed by atoms with Crippen LogP contribution in [-0.2, 0) is 54.5 Å². The van der Waals surface area contributed by atoms with Gasteiger partial charge >= 0.3 is 99.1 Å². The number of fused-ring (bicyclic) bond motifs is 1. The topological polar surface area (TPSA) is 345 Å². The fraction of sp³-hybridized carbons (Fsp3) is 0.0769. The largest absolute Gasteiger partial charge is 1.00 e. The van der Waals surface area contributed by atoms with Crippen molar-refractivity contribution in [3.63, 3.8) is 0 Å². The van der Waals surface area contributed by atoms with Crippen molar-refractivity contribution in [2.75, 3.05) is 18.1 Å². The molecule has 4 aromatic carbocycles. The predicted molar refractivity (Wildman–Crippen MR) is 172 cm³/mol. The molecule has 0 saturated carbocycles. The minimum Gasteiger partial charge on any atom is -0.870 e. The molecule has 0 aliphatic carbocycles. The number of anilines is 1. The molecule has 20 nitrogen and oxygen atoms in total. The van der Waals surface area contributed by atoms with Crippen LogP contribution in [0.3, 0.4) is 0 Å². The molecule has 3 N–H and O–H groups in total. The summed E-state index contributed by atoms with van der Waals surface area (Å²) in [6, 6.07) is 9.66. The number of nitrogens with zero attached hydrogens (tertiary/aromatic N) is 4. The Labute approximate surface area is 375 Å². The van der Waals surface area contributed by atoms with Gasteiger partial charge in [-0.1, -0.05) is 12.3 Å². The van der Waals surface area contributed by atoms with E-state index in [1.54, 1.807) is 0 Å². The molecule has 4 aromatic rings. The van der Waals surface area contributed by atoms with Gasteiger partial charge in [0.05, 0.1) is 54.7 Å². The Morgan fingerprint density at radius 3 is 1.56 bits per heavy atom. The standard InChI is InChI=1S/C26H23N5O15S5.3Na/c1-2-47(33,34)18-7-3-16(4-8-18)28-30-24-20(49(37,38)39)13-15-14-21(50(40,41)42)25(26(32)22(15)23(24)27)31-29-17-5-9-19(10-6-17)48(35,36)12-11-46-51(43,44)45;;;/h2-10,13-14,32H,1,11-12,27H2,(H,37,38,39)(H,40,41,42)(H,43,44,45);;;/q;3*+1/p-3. The van der Waals surface area contributed by atoms with E-state index in [1.807, 2.05) is 0 Å². The first kappa shape index (κ1) is 50.3. The first-order valence-electron chi connectivity index (χ1n) is 13.2. The molecule has 0 bridgehead atoms. The van der Waals surface area contributed by atoms with Crippen LogP contribution < -0.4 is 99.5 Å². The quantitative estimate of drug-likeness (QED) is 0.0546. The summed E-state index contributed by atoms with van der Waals surface area (Å²) in [7, 11) is -23.9. The third kappa shape index (κ3) is 12.4. The van der Waals surface area contributed by atoms with Crippen LogP contribution in [0.2, 0.25) is 0 Å². The molecular weight excluding hydrogens is 852 g/mol. The molecule has 0 saturated heterocycles. The van der Waals surface area contributed by atoms with E-state index < -0.39 is 106 Å². The molecule has 54 heavy (non-hydrogen) atoms. The predicted octanol–water partition coefficient (Wildman–Crippen LogP) is -6.34. The Morgan fingerprint density at radius 2 is 1.13 bits per heavy atom. The van der Waals surface area contributed by atoms with Gasteiger partial charge in [0.1, 0.15) is 25.9 Å². The van der Waals surface area contributed by atoms with Crippen LogP contribution in [0.25, 0.3) is 10.8 Å². The summed E-state index contributed by atoms with van der Waals surface area (Å²) in [5.41, 5.74) is 3.03. The molecule has 4 rings (SSSR count). The molecule has 0 fully saturated rings. The van der Waals surface area contributed by atoms with E-state index >= 15 is 0 Å². The second-order valence-electron chi connectivity index (χ2n) is 9.86. The number of benzene rings is 4. The summed E-state index contributed by atoms with van der Waals surface area (Å²) in [5.74, 6) is -2.24. The number of azo groups is 2. The zero-order valence-corrected chi connectivity index (χ0v) is 38.1. The molecule has 272 valence electrons.